The quantitative estimate of drug-likeness (QED) is 0.746. The molecule has 1 aromatic carbocycles. The zero-order chi connectivity index (χ0) is 12.8. The van der Waals surface area contributed by atoms with Gasteiger partial charge in [0.2, 0.25) is 0 Å². The number of methoxy groups -OCH3 is 2. The average molecular weight is 279 g/mol. The molecule has 0 N–H and O–H groups in total. The van der Waals surface area contributed by atoms with E-state index < -0.39 is 0 Å². The molecule has 0 fully saturated rings. The van der Waals surface area contributed by atoms with Gasteiger partial charge < -0.3 is 14.2 Å². The zero-order valence-corrected chi connectivity index (χ0v) is 11.6. The predicted octanol–water partition coefficient (Wildman–Crippen LogP) is 3.50. The van der Waals surface area contributed by atoms with Gasteiger partial charge in [-0.1, -0.05) is 11.6 Å². The van der Waals surface area contributed by atoms with Gasteiger partial charge in [-0.05, 0) is 24.6 Å². The van der Waals surface area contributed by atoms with Crippen LogP contribution in [0.5, 0.6) is 11.5 Å². The summed E-state index contributed by atoms with van der Waals surface area (Å²) in [4.78, 5) is 0. The van der Waals surface area contributed by atoms with Crippen molar-refractivity contribution in [1.29, 1.82) is 0 Å². The summed E-state index contributed by atoms with van der Waals surface area (Å²) in [5.41, 5.74) is 0.889. The summed E-state index contributed by atoms with van der Waals surface area (Å²) in [5.74, 6) is 1.48. The molecule has 96 valence electrons. The minimum atomic E-state index is -0.103. The van der Waals surface area contributed by atoms with E-state index >= 15 is 0 Å². The van der Waals surface area contributed by atoms with Crippen LogP contribution in [0.2, 0.25) is 5.02 Å². The topological polar surface area (TPSA) is 27.7 Å². The maximum Gasteiger partial charge on any atom is 0.180 e. The molecule has 1 unspecified atom stereocenters. The second kappa shape index (κ2) is 6.94. The van der Waals surface area contributed by atoms with Crippen molar-refractivity contribution < 1.29 is 14.2 Å². The summed E-state index contributed by atoms with van der Waals surface area (Å²) >= 11 is 11.9. The lowest BCUT2D eigenvalue weighted by molar-refractivity contribution is 0.0900. The molecule has 3 nitrogen and oxygen atoms in total. The van der Waals surface area contributed by atoms with Gasteiger partial charge in [-0.2, -0.15) is 0 Å². The first-order valence-electron chi connectivity index (χ1n) is 5.20. The fourth-order valence-corrected chi connectivity index (χ4v) is 1.87. The van der Waals surface area contributed by atoms with Crippen molar-refractivity contribution in [2.24, 2.45) is 0 Å². The maximum absolute atomic E-state index is 6.13. The number of rotatable bonds is 6. The number of halogens is 2. The SMILES string of the molecule is COCC(C)Oc1c(Cl)cc(CCl)cc1OC. The molecule has 17 heavy (non-hydrogen) atoms. The fourth-order valence-electron chi connectivity index (χ4n) is 1.43. The third-order valence-corrected chi connectivity index (χ3v) is 2.75. The Balaban J connectivity index is 2.97. The molecule has 1 aromatic rings. The van der Waals surface area contributed by atoms with Crippen LogP contribution in [-0.2, 0) is 10.6 Å². The van der Waals surface area contributed by atoms with Gasteiger partial charge in [0, 0.05) is 13.0 Å². The minimum Gasteiger partial charge on any atom is -0.493 e. The van der Waals surface area contributed by atoms with Crippen LogP contribution in [0.4, 0.5) is 0 Å². The van der Waals surface area contributed by atoms with Gasteiger partial charge in [0.1, 0.15) is 6.10 Å². The Bertz CT molecular complexity index is 369. The van der Waals surface area contributed by atoms with Crippen molar-refractivity contribution in [3.05, 3.63) is 22.7 Å². The lowest BCUT2D eigenvalue weighted by Crippen LogP contribution is -2.18. The van der Waals surface area contributed by atoms with Gasteiger partial charge in [-0.25, -0.2) is 0 Å². The van der Waals surface area contributed by atoms with Crippen molar-refractivity contribution >= 4 is 23.2 Å². The molecule has 0 heterocycles. The zero-order valence-electron chi connectivity index (χ0n) is 10.1. The maximum atomic E-state index is 6.13. The van der Waals surface area contributed by atoms with Crippen molar-refractivity contribution in [1.82, 2.24) is 0 Å². The number of hydrogen-bond acceptors (Lipinski definition) is 3. The van der Waals surface area contributed by atoms with Crippen LogP contribution >= 0.6 is 23.2 Å². The predicted molar refractivity (Wildman–Crippen MR) is 69.5 cm³/mol. The molecule has 0 aliphatic heterocycles. The molecule has 1 atom stereocenters. The molecule has 5 heteroatoms. The van der Waals surface area contributed by atoms with E-state index in [-0.39, 0.29) is 6.10 Å². The molecular formula is C12H16Cl2O3. The van der Waals surface area contributed by atoms with E-state index in [1.54, 1.807) is 20.3 Å². The van der Waals surface area contributed by atoms with Gasteiger partial charge >= 0.3 is 0 Å². The molecule has 0 aliphatic carbocycles. The Morgan fingerprint density at radius 2 is 2.00 bits per heavy atom. The van der Waals surface area contributed by atoms with E-state index in [1.807, 2.05) is 13.0 Å². The van der Waals surface area contributed by atoms with Crippen molar-refractivity contribution in [3.8, 4) is 11.5 Å². The fraction of sp³-hybridized carbons (Fsp3) is 0.500. The van der Waals surface area contributed by atoms with E-state index in [0.29, 0.717) is 29.0 Å². The monoisotopic (exact) mass is 278 g/mol. The Morgan fingerprint density at radius 3 is 2.53 bits per heavy atom. The van der Waals surface area contributed by atoms with Crippen LogP contribution in [-0.4, -0.2) is 26.9 Å². The highest BCUT2D eigenvalue weighted by molar-refractivity contribution is 6.32. The Kier molecular flexibility index (Phi) is 5.89. The highest BCUT2D eigenvalue weighted by Gasteiger charge is 2.14. The number of hydrogen-bond donors (Lipinski definition) is 0. The first-order chi connectivity index (χ1) is 8.12. The highest BCUT2D eigenvalue weighted by Crippen LogP contribution is 2.37. The van der Waals surface area contributed by atoms with E-state index in [4.69, 9.17) is 37.4 Å². The number of ether oxygens (including phenoxy) is 3. The van der Waals surface area contributed by atoms with Gasteiger partial charge in [0.15, 0.2) is 11.5 Å². The van der Waals surface area contributed by atoms with Crippen molar-refractivity contribution in [2.45, 2.75) is 18.9 Å². The average Bonchev–Trinajstić information content (AvgIpc) is 2.31. The van der Waals surface area contributed by atoms with Crippen LogP contribution in [0.1, 0.15) is 12.5 Å². The van der Waals surface area contributed by atoms with Crippen molar-refractivity contribution in [3.63, 3.8) is 0 Å². The summed E-state index contributed by atoms with van der Waals surface area (Å²) in [6.45, 7) is 2.38. The van der Waals surface area contributed by atoms with Gasteiger partial charge in [0.25, 0.3) is 0 Å². The van der Waals surface area contributed by atoms with Gasteiger partial charge in [-0.3, -0.25) is 0 Å². The summed E-state index contributed by atoms with van der Waals surface area (Å²) in [5, 5.41) is 0.489. The molecule has 1 rings (SSSR count). The first-order valence-corrected chi connectivity index (χ1v) is 6.11. The molecule has 0 saturated heterocycles. The van der Waals surface area contributed by atoms with Crippen LogP contribution < -0.4 is 9.47 Å². The smallest absolute Gasteiger partial charge is 0.180 e. The van der Waals surface area contributed by atoms with E-state index in [0.717, 1.165) is 5.56 Å². The van der Waals surface area contributed by atoms with E-state index in [2.05, 4.69) is 0 Å². The molecular weight excluding hydrogens is 263 g/mol. The second-order valence-corrected chi connectivity index (χ2v) is 4.30. The standard InChI is InChI=1S/C12H16Cl2O3/c1-8(7-15-2)17-12-10(14)4-9(6-13)5-11(12)16-3/h4-5,8H,6-7H2,1-3H3. The molecule has 0 radical (unpaired) electrons. The van der Waals surface area contributed by atoms with Crippen molar-refractivity contribution in [2.75, 3.05) is 20.8 Å². The second-order valence-electron chi connectivity index (χ2n) is 3.63. The normalized spacial score (nSPS) is 12.3. The Labute approximate surface area is 112 Å². The van der Waals surface area contributed by atoms with Gasteiger partial charge in [0.05, 0.1) is 18.7 Å². The first kappa shape index (κ1) is 14.4. The van der Waals surface area contributed by atoms with Crippen LogP contribution in [0.3, 0.4) is 0 Å². The molecule has 0 spiro atoms. The highest BCUT2D eigenvalue weighted by atomic mass is 35.5. The number of benzene rings is 1. The van der Waals surface area contributed by atoms with Gasteiger partial charge in [-0.15, -0.1) is 11.6 Å². The minimum absolute atomic E-state index is 0.103. The number of alkyl halides is 1. The molecule has 0 amide bonds. The Hall–Kier alpha value is -0.640. The Morgan fingerprint density at radius 1 is 1.29 bits per heavy atom. The van der Waals surface area contributed by atoms with Crippen LogP contribution in [0.25, 0.3) is 0 Å². The summed E-state index contributed by atoms with van der Waals surface area (Å²) in [7, 11) is 3.19. The molecule has 0 aliphatic rings. The lowest BCUT2D eigenvalue weighted by atomic mass is 10.2. The van der Waals surface area contributed by atoms with E-state index in [9.17, 15) is 0 Å². The summed E-state index contributed by atoms with van der Waals surface area (Å²) < 4.78 is 15.9. The van der Waals surface area contributed by atoms with Crippen LogP contribution in [0, 0.1) is 0 Å². The summed E-state index contributed by atoms with van der Waals surface area (Å²) in [6.07, 6.45) is -0.103. The van der Waals surface area contributed by atoms with E-state index in [1.165, 1.54) is 0 Å². The largest absolute Gasteiger partial charge is 0.493 e. The lowest BCUT2D eigenvalue weighted by Gasteiger charge is -2.18. The summed E-state index contributed by atoms with van der Waals surface area (Å²) in [6, 6.07) is 3.58. The van der Waals surface area contributed by atoms with Crippen LogP contribution in [0.15, 0.2) is 12.1 Å². The third-order valence-electron chi connectivity index (χ3n) is 2.16. The third kappa shape index (κ3) is 3.95. The molecule has 0 saturated carbocycles. The molecule has 0 bridgehead atoms. The molecule has 0 aromatic heterocycles.